The van der Waals surface area contributed by atoms with E-state index < -0.39 is 0 Å². The molecule has 0 saturated heterocycles. The van der Waals surface area contributed by atoms with Crippen LogP contribution in [0.4, 0.5) is 0 Å². The van der Waals surface area contributed by atoms with E-state index in [1.165, 1.54) is 5.56 Å². The first-order valence-corrected chi connectivity index (χ1v) is 7.30. The quantitative estimate of drug-likeness (QED) is 0.836. The fourth-order valence-corrected chi connectivity index (χ4v) is 2.15. The van der Waals surface area contributed by atoms with Crippen LogP contribution in [0.1, 0.15) is 63.9 Å². The van der Waals surface area contributed by atoms with Gasteiger partial charge < -0.3 is 5.11 Å². The van der Waals surface area contributed by atoms with Crippen molar-refractivity contribution < 1.29 is 9.90 Å². The van der Waals surface area contributed by atoms with Gasteiger partial charge in [0.1, 0.15) is 0 Å². The van der Waals surface area contributed by atoms with E-state index in [9.17, 15) is 9.90 Å². The first-order chi connectivity index (χ1) is 9.05. The largest absolute Gasteiger partial charge is 0.396 e. The van der Waals surface area contributed by atoms with Gasteiger partial charge in [0.2, 0.25) is 0 Å². The van der Waals surface area contributed by atoms with E-state index in [0.717, 1.165) is 5.56 Å². The lowest BCUT2D eigenvalue weighted by molar-refractivity contribution is 0.0818. The number of rotatable bonds is 4. The number of carbonyl (C=O) groups excluding carboxylic acids is 1. The maximum Gasteiger partial charge on any atom is 0.163 e. The van der Waals surface area contributed by atoms with Crippen molar-refractivity contribution >= 4 is 5.78 Å². The van der Waals surface area contributed by atoms with Crippen molar-refractivity contribution in [3.8, 4) is 0 Å². The van der Waals surface area contributed by atoms with Gasteiger partial charge in [-0.1, -0.05) is 59.7 Å². The first kappa shape index (κ1) is 16.9. The molecule has 0 aliphatic heterocycles. The lowest BCUT2D eigenvalue weighted by atomic mass is 9.77. The van der Waals surface area contributed by atoms with Gasteiger partial charge in [0, 0.05) is 18.6 Å². The second kappa shape index (κ2) is 6.09. The minimum absolute atomic E-state index is 0.00621. The molecule has 0 aliphatic rings. The van der Waals surface area contributed by atoms with Gasteiger partial charge in [-0.05, 0) is 28.4 Å². The third-order valence-corrected chi connectivity index (χ3v) is 3.93. The van der Waals surface area contributed by atoms with Crippen molar-refractivity contribution in [3.05, 3.63) is 35.4 Å². The molecular weight excluding hydrogens is 248 g/mol. The van der Waals surface area contributed by atoms with Crippen LogP contribution >= 0.6 is 0 Å². The van der Waals surface area contributed by atoms with E-state index in [4.69, 9.17) is 0 Å². The Morgan fingerprint density at radius 1 is 1.15 bits per heavy atom. The molecule has 0 heterocycles. The predicted molar refractivity (Wildman–Crippen MR) is 84.1 cm³/mol. The van der Waals surface area contributed by atoms with Gasteiger partial charge in [0.15, 0.2) is 5.78 Å². The topological polar surface area (TPSA) is 37.3 Å². The number of ketones is 1. The highest BCUT2D eigenvalue weighted by atomic mass is 16.3. The van der Waals surface area contributed by atoms with Crippen LogP contribution in [0.3, 0.4) is 0 Å². The van der Waals surface area contributed by atoms with E-state index in [1.54, 1.807) is 0 Å². The van der Waals surface area contributed by atoms with Crippen LogP contribution < -0.4 is 0 Å². The number of hydrogen-bond acceptors (Lipinski definition) is 2. The van der Waals surface area contributed by atoms with Crippen LogP contribution in [0.25, 0.3) is 0 Å². The van der Waals surface area contributed by atoms with E-state index in [-0.39, 0.29) is 29.1 Å². The molecule has 1 rings (SSSR count). The van der Waals surface area contributed by atoms with Crippen molar-refractivity contribution in [3.63, 3.8) is 0 Å². The zero-order chi connectivity index (χ0) is 15.6. The molecule has 1 aromatic rings. The third-order valence-electron chi connectivity index (χ3n) is 3.93. The molecule has 0 radical (unpaired) electrons. The Morgan fingerprint density at radius 2 is 1.75 bits per heavy atom. The molecule has 112 valence electrons. The molecule has 2 heteroatoms. The van der Waals surface area contributed by atoms with Crippen molar-refractivity contribution in [2.45, 2.75) is 53.4 Å². The van der Waals surface area contributed by atoms with Gasteiger partial charge in [0.05, 0.1) is 0 Å². The molecule has 0 fully saturated rings. The highest BCUT2D eigenvalue weighted by Gasteiger charge is 2.27. The molecule has 0 amide bonds. The Hall–Kier alpha value is -1.15. The number of Topliss-reactive ketones (excluding diaryl/α,β-unsaturated/α-hetero) is 1. The van der Waals surface area contributed by atoms with Gasteiger partial charge in [-0.2, -0.15) is 0 Å². The van der Waals surface area contributed by atoms with Crippen molar-refractivity contribution in [1.29, 1.82) is 0 Å². The van der Waals surface area contributed by atoms with E-state index in [1.807, 2.05) is 18.2 Å². The summed E-state index contributed by atoms with van der Waals surface area (Å²) in [7, 11) is 0. The second-order valence-corrected chi connectivity index (χ2v) is 7.70. The minimum Gasteiger partial charge on any atom is -0.396 e. The van der Waals surface area contributed by atoms with Crippen molar-refractivity contribution in [2.24, 2.45) is 11.3 Å². The van der Waals surface area contributed by atoms with Gasteiger partial charge in [0.25, 0.3) is 0 Å². The third kappa shape index (κ3) is 4.45. The molecule has 0 bridgehead atoms. The van der Waals surface area contributed by atoms with Crippen molar-refractivity contribution in [2.75, 3.05) is 6.61 Å². The average molecular weight is 276 g/mol. The van der Waals surface area contributed by atoms with E-state index >= 15 is 0 Å². The highest BCUT2D eigenvalue weighted by Crippen LogP contribution is 2.30. The summed E-state index contributed by atoms with van der Waals surface area (Å²) in [5.41, 5.74) is 1.89. The molecule has 0 aromatic heterocycles. The normalized spacial score (nSPS) is 14.2. The van der Waals surface area contributed by atoms with E-state index in [0.29, 0.717) is 6.42 Å². The SMILES string of the molecule is CC(C)(C)c1cccc(C(=O)CC(CO)C(C)(C)C)c1. The van der Waals surface area contributed by atoms with Crippen LogP contribution in [0.5, 0.6) is 0 Å². The van der Waals surface area contributed by atoms with Gasteiger partial charge in [-0.15, -0.1) is 0 Å². The van der Waals surface area contributed by atoms with Gasteiger partial charge in [-0.25, -0.2) is 0 Å². The van der Waals surface area contributed by atoms with Gasteiger partial charge in [-0.3, -0.25) is 4.79 Å². The van der Waals surface area contributed by atoms with E-state index in [2.05, 4.69) is 47.6 Å². The molecule has 1 N–H and O–H groups in total. The first-order valence-electron chi connectivity index (χ1n) is 7.30. The maximum absolute atomic E-state index is 12.4. The summed E-state index contributed by atoms with van der Waals surface area (Å²) in [5, 5.41) is 9.49. The average Bonchev–Trinajstić information content (AvgIpc) is 2.33. The Morgan fingerprint density at radius 3 is 2.20 bits per heavy atom. The molecule has 1 atom stereocenters. The molecule has 20 heavy (non-hydrogen) atoms. The van der Waals surface area contributed by atoms with Crippen molar-refractivity contribution in [1.82, 2.24) is 0 Å². The number of aliphatic hydroxyl groups excluding tert-OH is 1. The number of benzene rings is 1. The smallest absolute Gasteiger partial charge is 0.163 e. The summed E-state index contributed by atoms with van der Waals surface area (Å²) in [6.07, 6.45) is 0.396. The number of aliphatic hydroxyl groups is 1. The summed E-state index contributed by atoms with van der Waals surface area (Å²) < 4.78 is 0. The number of carbonyl (C=O) groups is 1. The highest BCUT2D eigenvalue weighted by molar-refractivity contribution is 5.96. The summed E-state index contributed by atoms with van der Waals surface area (Å²) in [6, 6.07) is 7.86. The summed E-state index contributed by atoms with van der Waals surface area (Å²) in [5.74, 6) is 0.110. The predicted octanol–water partition coefficient (Wildman–Crippen LogP) is 4.21. The molecule has 0 spiro atoms. The zero-order valence-electron chi connectivity index (χ0n) is 13.7. The van der Waals surface area contributed by atoms with Crippen LogP contribution in [0.2, 0.25) is 0 Å². The molecule has 0 saturated carbocycles. The standard InChI is InChI=1S/C18H28O2/c1-17(2,3)14-9-7-8-13(10-14)16(20)11-15(12-19)18(4,5)6/h7-10,15,19H,11-12H2,1-6H3. The lowest BCUT2D eigenvalue weighted by Crippen LogP contribution is -2.26. The van der Waals surface area contributed by atoms with Crippen LogP contribution in [-0.4, -0.2) is 17.5 Å². The lowest BCUT2D eigenvalue weighted by Gasteiger charge is -2.28. The minimum atomic E-state index is -0.0634. The molecule has 1 unspecified atom stereocenters. The Labute approximate surface area is 123 Å². The fourth-order valence-electron chi connectivity index (χ4n) is 2.15. The molecule has 1 aromatic carbocycles. The molecular formula is C18H28O2. The Bertz CT molecular complexity index is 461. The summed E-state index contributed by atoms with van der Waals surface area (Å²) in [4.78, 5) is 12.4. The summed E-state index contributed by atoms with van der Waals surface area (Å²) >= 11 is 0. The van der Waals surface area contributed by atoms with Crippen LogP contribution in [0, 0.1) is 11.3 Å². The van der Waals surface area contributed by atoms with Crippen LogP contribution in [-0.2, 0) is 5.41 Å². The fraction of sp³-hybridized carbons (Fsp3) is 0.611. The van der Waals surface area contributed by atoms with Crippen LogP contribution in [0.15, 0.2) is 24.3 Å². The number of hydrogen-bond donors (Lipinski definition) is 1. The van der Waals surface area contributed by atoms with Gasteiger partial charge >= 0.3 is 0 Å². The monoisotopic (exact) mass is 276 g/mol. The molecule has 0 aliphatic carbocycles. The molecule has 2 nitrogen and oxygen atoms in total. The Kier molecular flexibility index (Phi) is 5.15. The summed E-state index contributed by atoms with van der Waals surface area (Å²) in [6.45, 7) is 12.7. The second-order valence-electron chi connectivity index (χ2n) is 7.70. The maximum atomic E-state index is 12.4. The Balaban J connectivity index is 2.93. The zero-order valence-corrected chi connectivity index (χ0v) is 13.7.